The smallest absolute Gasteiger partial charge is 0.354 e. The Morgan fingerprint density at radius 2 is 2.27 bits per heavy atom. The molecule has 1 aromatic rings. The van der Waals surface area contributed by atoms with E-state index in [1.807, 2.05) is 0 Å². The summed E-state index contributed by atoms with van der Waals surface area (Å²) in [5, 5.41) is 8.80. The molecule has 1 heterocycles. The van der Waals surface area contributed by atoms with E-state index in [2.05, 4.69) is 20.9 Å². The predicted octanol–water partition coefficient (Wildman–Crippen LogP) is 2.92. The third-order valence-electron chi connectivity index (χ3n) is 1.91. The van der Waals surface area contributed by atoms with E-state index in [-0.39, 0.29) is 27.8 Å². The van der Waals surface area contributed by atoms with Crippen LogP contribution in [-0.4, -0.2) is 16.1 Å². The molecule has 3 nitrogen and oxygen atoms in total. The first-order valence-corrected chi connectivity index (χ1v) is 5.17. The normalized spacial score (nSPS) is 10.7. The Morgan fingerprint density at radius 3 is 2.67 bits per heavy atom. The van der Waals surface area contributed by atoms with Crippen LogP contribution >= 0.6 is 15.9 Å². The molecule has 0 radical (unpaired) electrons. The number of nitrogens with zero attached hydrogens (tertiary/aromatic N) is 1. The van der Waals surface area contributed by atoms with Gasteiger partial charge < -0.3 is 5.11 Å². The van der Waals surface area contributed by atoms with Crippen molar-refractivity contribution in [2.75, 3.05) is 0 Å². The van der Waals surface area contributed by atoms with Crippen LogP contribution in [0.1, 0.15) is 33.7 Å². The zero-order valence-electron chi connectivity index (χ0n) is 7.80. The first-order valence-electron chi connectivity index (χ1n) is 4.05. The van der Waals surface area contributed by atoms with Gasteiger partial charge in [-0.1, -0.05) is 15.9 Å². The van der Waals surface area contributed by atoms with Crippen molar-refractivity contribution in [1.82, 2.24) is 4.98 Å². The molecule has 82 valence electrons. The summed E-state index contributed by atoms with van der Waals surface area (Å²) in [5.74, 6) is -1.22. The highest BCUT2D eigenvalue weighted by atomic mass is 79.9. The number of alkyl halides is 3. The number of pyridine rings is 1. The zero-order chi connectivity index (χ0) is 11.6. The number of hydrogen-bond donors (Lipinski definition) is 1. The van der Waals surface area contributed by atoms with Gasteiger partial charge in [-0.15, -0.1) is 0 Å². The van der Waals surface area contributed by atoms with Gasteiger partial charge >= 0.3 is 5.97 Å². The van der Waals surface area contributed by atoms with Gasteiger partial charge in [0.05, 0.1) is 5.69 Å². The minimum absolute atomic E-state index is 0.0717. The van der Waals surface area contributed by atoms with E-state index >= 15 is 0 Å². The maximum Gasteiger partial charge on any atom is 0.354 e. The Balaban J connectivity index is 3.37. The average Bonchev–Trinajstić information content (AvgIpc) is 2.15. The van der Waals surface area contributed by atoms with E-state index in [4.69, 9.17) is 5.11 Å². The summed E-state index contributed by atoms with van der Waals surface area (Å²) >= 11 is 3.01. The molecule has 0 saturated carbocycles. The number of hydrogen-bond acceptors (Lipinski definition) is 2. The molecule has 0 spiro atoms. The fourth-order valence-corrected chi connectivity index (χ4v) is 1.69. The van der Waals surface area contributed by atoms with Crippen LogP contribution in [0.25, 0.3) is 0 Å². The number of carboxylic acids is 1. The molecule has 0 fully saturated rings. The van der Waals surface area contributed by atoms with E-state index in [1.54, 1.807) is 0 Å². The highest BCUT2D eigenvalue weighted by Gasteiger charge is 2.19. The minimum Gasteiger partial charge on any atom is -0.477 e. The minimum atomic E-state index is -2.65. The van der Waals surface area contributed by atoms with Crippen LogP contribution in [0.2, 0.25) is 0 Å². The second kappa shape index (κ2) is 4.65. The molecule has 0 aliphatic rings. The van der Waals surface area contributed by atoms with Gasteiger partial charge in [0.25, 0.3) is 6.43 Å². The summed E-state index contributed by atoms with van der Waals surface area (Å²) < 4.78 is 25.2. The average molecular weight is 280 g/mol. The van der Waals surface area contributed by atoms with Crippen molar-refractivity contribution < 1.29 is 18.7 Å². The van der Waals surface area contributed by atoms with Crippen LogP contribution in [0.15, 0.2) is 6.07 Å². The predicted molar refractivity (Wildman–Crippen MR) is 53.5 cm³/mol. The lowest BCUT2D eigenvalue weighted by molar-refractivity contribution is 0.0689. The second-order valence-corrected chi connectivity index (χ2v) is 3.48. The van der Waals surface area contributed by atoms with Crippen molar-refractivity contribution in [3.63, 3.8) is 0 Å². The van der Waals surface area contributed by atoms with Crippen molar-refractivity contribution in [3.8, 4) is 0 Å². The number of rotatable bonds is 3. The van der Waals surface area contributed by atoms with Gasteiger partial charge in [-0.2, -0.15) is 0 Å². The number of halogens is 3. The summed E-state index contributed by atoms with van der Waals surface area (Å²) in [7, 11) is 0. The quantitative estimate of drug-likeness (QED) is 0.866. The van der Waals surface area contributed by atoms with Crippen molar-refractivity contribution >= 4 is 21.9 Å². The van der Waals surface area contributed by atoms with Crippen molar-refractivity contribution in [3.05, 3.63) is 28.6 Å². The van der Waals surface area contributed by atoms with E-state index in [0.717, 1.165) is 6.07 Å². The van der Waals surface area contributed by atoms with Crippen LogP contribution in [0.4, 0.5) is 8.78 Å². The summed E-state index contributed by atoms with van der Waals surface area (Å²) in [6.07, 6.45) is -2.65. The molecule has 0 aromatic carbocycles. The largest absolute Gasteiger partial charge is 0.477 e. The lowest BCUT2D eigenvalue weighted by atomic mass is 10.1. The lowest BCUT2D eigenvalue weighted by Crippen LogP contribution is -2.07. The summed E-state index contributed by atoms with van der Waals surface area (Å²) in [4.78, 5) is 14.3. The molecule has 0 aliphatic heterocycles. The topological polar surface area (TPSA) is 50.2 Å². The number of aromatic nitrogens is 1. The Kier molecular flexibility index (Phi) is 3.73. The van der Waals surface area contributed by atoms with Crippen LogP contribution < -0.4 is 0 Å². The Bertz CT molecular complexity index is 396. The molecule has 1 aromatic heterocycles. The Morgan fingerprint density at radius 1 is 1.67 bits per heavy atom. The van der Waals surface area contributed by atoms with Gasteiger partial charge in [0.15, 0.2) is 0 Å². The molecule has 0 atom stereocenters. The first-order chi connectivity index (χ1) is 6.97. The monoisotopic (exact) mass is 279 g/mol. The SMILES string of the molecule is Cc1cc(C(=O)O)nc(CBr)c1C(F)F. The fraction of sp³-hybridized carbons (Fsp3) is 0.333. The van der Waals surface area contributed by atoms with Crippen LogP contribution in [0.5, 0.6) is 0 Å². The molecule has 15 heavy (non-hydrogen) atoms. The van der Waals surface area contributed by atoms with E-state index in [0.29, 0.717) is 0 Å². The van der Waals surface area contributed by atoms with Gasteiger partial charge in [0.2, 0.25) is 0 Å². The molecule has 0 aliphatic carbocycles. The highest BCUT2D eigenvalue weighted by Crippen LogP contribution is 2.27. The van der Waals surface area contributed by atoms with Crippen LogP contribution in [-0.2, 0) is 5.33 Å². The zero-order valence-corrected chi connectivity index (χ0v) is 9.38. The molecule has 6 heteroatoms. The standard InChI is InChI=1S/C9H8BrF2NO2/c1-4-2-5(9(14)15)13-6(3-10)7(4)8(11)12/h2,8H,3H2,1H3,(H,14,15). The third kappa shape index (κ3) is 2.50. The van der Waals surface area contributed by atoms with E-state index in [1.165, 1.54) is 6.92 Å². The van der Waals surface area contributed by atoms with E-state index < -0.39 is 12.4 Å². The maximum atomic E-state index is 12.6. The molecule has 0 bridgehead atoms. The Labute approximate surface area is 93.3 Å². The molecule has 0 unspecified atom stereocenters. The molecule has 1 rings (SSSR count). The maximum absolute atomic E-state index is 12.6. The van der Waals surface area contributed by atoms with Gasteiger partial charge in [0.1, 0.15) is 5.69 Å². The van der Waals surface area contributed by atoms with Crippen LogP contribution in [0.3, 0.4) is 0 Å². The highest BCUT2D eigenvalue weighted by molar-refractivity contribution is 9.08. The van der Waals surface area contributed by atoms with Gasteiger partial charge in [-0.25, -0.2) is 18.6 Å². The van der Waals surface area contributed by atoms with Gasteiger partial charge in [-0.05, 0) is 18.6 Å². The summed E-state index contributed by atoms with van der Waals surface area (Å²) in [6.45, 7) is 1.45. The summed E-state index contributed by atoms with van der Waals surface area (Å²) in [6, 6.07) is 1.15. The molecular formula is C9H8BrF2NO2. The lowest BCUT2D eigenvalue weighted by Gasteiger charge is -2.10. The van der Waals surface area contributed by atoms with Gasteiger partial charge in [0, 0.05) is 10.9 Å². The molecule has 1 N–H and O–H groups in total. The fourth-order valence-electron chi connectivity index (χ4n) is 1.26. The van der Waals surface area contributed by atoms with Crippen molar-refractivity contribution in [2.45, 2.75) is 18.7 Å². The van der Waals surface area contributed by atoms with Crippen molar-refractivity contribution in [1.29, 1.82) is 0 Å². The molecular weight excluding hydrogens is 272 g/mol. The van der Waals surface area contributed by atoms with Gasteiger partial charge in [-0.3, -0.25) is 0 Å². The first kappa shape index (κ1) is 12.0. The number of aryl methyl sites for hydroxylation is 1. The number of carbonyl (C=O) groups is 1. The molecule has 0 saturated heterocycles. The van der Waals surface area contributed by atoms with Crippen LogP contribution in [0, 0.1) is 6.92 Å². The van der Waals surface area contributed by atoms with E-state index in [9.17, 15) is 13.6 Å². The third-order valence-corrected chi connectivity index (χ3v) is 2.44. The Hall–Kier alpha value is -1.04. The summed E-state index contributed by atoms with van der Waals surface area (Å²) in [5.41, 5.74) is -0.0996. The van der Waals surface area contributed by atoms with Crippen molar-refractivity contribution in [2.24, 2.45) is 0 Å². The second-order valence-electron chi connectivity index (χ2n) is 2.92. The molecule has 0 amide bonds. The number of carboxylic acid groups (broad SMARTS) is 1. The number of aromatic carboxylic acids is 1.